The van der Waals surface area contributed by atoms with E-state index in [1.54, 1.807) is 6.92 Å². The van der Waals surface area contributed by atoms with Crippen LogP contribution in [0.2, 0.25) is 0 Å². The largest absolute Gasteiger partial charge is 0.481 e. The molecule has 0 bridgehead atoms. The number of aryl methyl sites for hydroxylation is 1. The average molecular weight is 312 g/mol. The molecule has 1 N–H and O–H groups in total. The summed E-state index contributed by atoms with van der Waals surface area (Å²) in [6.07, 6.45) is 1.17. The van der Waals surface area contributed by atoms with Gasteiger partial charge in [-0.25, -0.2) is 0 Å². The molecular formula is C13H16N2O5S. The van der Waals surface area contributed by atoms with Gasteiger partial charge in [-0.1, -0.05) is 0 Å². The number of piperidine rings is 1. The van der Waals surface area contributed by atoms with Crippen molar-refractivity contribution in [2.45, 2.75) is 32.7 Å². The second kappa shape index (κ2) is 5.80. The molecule has 0 saturated carbocycles. The number of nitro groups is 1. The molecule has 114 valence electrons. The minimum absolute atomic E-state index is 0.0606. The van der Waals surface area contributed by atoms with Crippen LogP contribution in [0.3, 0.4) is 0 Å². The highest BCUT2D eigenvalue weighted by atomic mass is 32.1. The Morgan fingerprint density at radius 2 is 2.14 bits per heavy atom. The van der Waals surface area contributed by atoms with Gasteiger partial charge in [0, 0.05) is 18.7 Å². The number of nitrogens with zero attached hydrogens (tertiary/aromatic N) is 2. The van der Waals surface area contributed by atoms with Gasteiger partial charge in [-0.3, -0.25) is 19.7 Å². The van der Waals surface area contributed by atoms with Gasteiger partial charge in [0.25, 0.3) is 11.6 Å². The molecule has 2 atom stereocenters. The average Bonchev–Trinajstić information content (AvgIpc) is 2.80. The highest BCUT2D eigenvalue weighted by Gasteiger charge is 2.34. The summed E-state index contributed by atoms with van der Waals surface area (Å²) >= 11 is 1.08. The van der Waals surface area contributed by atoms with E-state index in [0.717, 1.165) is 11.3 Å². The molecule has 2 unspecified atom stereocenters. The third kappa shape index (κ3) is 3.05. The van der Waals surface area contributed by atoms with E-state index in [1.165, 1.54) is 11.0 Å². The molecule has 0 spiro atoms. The molecule has 0 radical (unpaired) electrons. The lowest BCUT2D eigenvalue weighted by Crippen LogP contribution is -2.47. The minimum Gasteiger partial charge on any atom is -0.481 e. The Bertz CT molecular complexity index is 597. The van der Waals surface area contributed by atoms with Gasteiger partial charge < -0.3 is 10.0 Å². The van der Waals surface area contributed by atoms with Gasteiger partial charge in [-0.05, 0) is 26.7 Å². The molecule has 1 aromatic rings. The van der Waals surface area contributed by atoms with Crippen molar-refractivity contribution in [3.05, 3.63) is 25.9 Å². The Kier molecular flexibility index (Phi) is 4.26. The van der Waals surface area contributed by atoms with E-state index in [1.807, 2.05) is 6.92 Å². The molecule has 21 heavy (non-hydrogen) atoms. The molecule has 1 fully saturated rings. The molecule has 1 amide bonds. The van der Waals surface area contributed by atoms with Crippen LogP contribution >= 0.6 is 11.3 Å². The quantitative estimate of drug-likeness (QED) is 0.681. The summed E-state index contributed by atoms with van der Waals surface area (Å²) < 4.78 is 0. The van der Waals surface area contributed by atoms with Crippen molar-refractivity contribution in [3.63, 3.8) is 0 Å². The normalized spacial score (nSPS) is 22.1. The molecule has 2 rings (SSSR count). The van der Waals surface area contributed by atoms with Crippen molar-refractivity contribution in [2.75, 3.05) is 6.54 Å². The zero-order valence-electron chi connectivity index (χ0n) is 11.7. The smallest absolute Gasteiger partial charge is 0.308 e. The van der Waals surface area contributed by atoms with Crippen LogP contribution in [0, 0.1) is 23.0 Å². The molecule has 8 heteroatoms. The van der Waals surface area contributed by atoms with Crippen molar-refractivity contribution >= 4 is 28.9 Å². The molecule has 1 aromatic heterocycles. The number of carboxylic acids is 1. The van der Waals surface area contributed by atoms with Crippen LogP contribution in [-0.2, 0) is 4.79 Å². The predicted molar refractivity (Wildman–Crippen MR) is 76.6 cm³/mol. The number of hydrogen-bond donors (Lipinski definition) is 1. The van der Waals surface area contributed by atoms with Crippen LogP contribution in [-0.4, -0.2) is 39.4 Å². The van der Waals surface area contributed by atoms with Crippen LogP contribution < -0.4 is 0 Å². The van der Waals surface area contributed by atoms with Gasteiger partial charge in [0.05, 0.1) is 20.6 Å². The number of likely N-dealkylation sites (tertiary alicyclic amines) is 1. The summed E-state index contributed by atoms with van der Waals surface area (Å²) in [6, 6.07) is 1.22. The molecular weight excluding hydrogens is 296 g/mol. The van der Waals surface area contributed by atoms with E-state index in [9.17, 15) is 19.7 Å². The van der Waals surface area contributed by atoms with Gasteiger partial charge in [-0.2, -0.15) is 0 Å². The van der Waals surface area contributed by atoms with Gasteiger partial charge in [0.1, 0.15) is 0 Å². The topological polar surface area (TPSA) is 101 Å². The number of carbonyl (C=O) groups excluding carboxylic acids is 1. The maximum Gasteiger partial charge on any atom is 0.308 e. The Labute approximate surface area is 125 Å². The second-order valence-corrected chi connectivity index (χ2v) is 6.48. The van der Waals surface area contributed by atoms with Gasteiger partial charge in [-0.15, -0.1) is 11.3 Å². The molecule has 0 aromatic carbocycles. The Morgan fingerprint density at radius 3 is 2.67 bits per heavy atom. The van der Waals surface area contributed by atoms with Crippen LogP contribution in [0.1, 0.15) is 34.3 Å². The fourth-order valence-electron chi connectivity index (χ4n) is 2.49. The second-order valence-electron chi connectivity index (χ2n) is 5.23. The van der Waals surface area contributed by atoms with Crippen LogP contribution in [0.4, 0.5) is 5.69 Å². The van der Waals surface area contributed by atoms with Gasteiger partial charge in [0.15, 0.2) is 0 Å². The minimum atomic E-state index is -0.909. The van der Waals surface area contributed by atoms with Gasteiger partial charge in [0.2, 0.25) is 0 Å². The monoisotopic (exact) mass is 312 g/mol. The first kappa shape index (κ1) is 15.4. The maximum atomic E-state index is 12.5. The SMILES string of the molecule is Cc1sc(C(=O)N2CC(C(=O)O)CCC2C)cc1[N+](=O)[O-]. The van der Waals surface area contributed by atoms with Crippen LogP contribution in [0.15, 0.2) is 6.07 Å². The van der Waals surface area contributed by atoms with Crippen molar-refractivity contribution in [2.24, 2.45) is 5.92 Å². The van der Waals surface area contributed by atoms with E-state index in [2.05, 4.69) is 0 Å². The highest BCUT2D eigenvalue weighted by molar-refractivity contribution is 7.14. The first-order chi connectivity index (χ1) is 9.81. The van der Waals surface area contributed by atoms with Crippen molar-refractivity contribution in [1.82, 2.24) is 4.90 Å². The summed E-state index contributed by atoms with van der Waals surface area (Å²) in [5.41, 5.74) is -0.0669. The number of amides is 1. The van der Waals surface area contributed by atoms with Crippen molar-refractivity contribution in [3.8, 4) is 0 Å². The fourth-order valence-corrected chi connectivity index (χ4v) is 3.44. The van der Waals surface area contributed by atoms with Crippen molar-refractivity contribution in [1.29, 1.82) is 0 Å². The first-order valence-corrected chi connectivity index (χ1v) is 7.41. The summed E-state index contributed by atoms with van der Waals surface area (Å²) in [4.78, 5) is 36.2. The summed E-state index contributed by atoms with van der Waals surface area (Å²) in [7, 11) is 0. The third-order valence-corrected chi connectivity index (χ3v) is 4.82. The lowest BCUT2D eigenvalue weighted by molar-refractivity contribution is -0.385. The molecule has 2 heterocycles. The van der Waals surface area contributed by atoms with E-state index in [0.29, 0.717) is 17.7 Å². The number of thiophene rings is 1. The van der Waals surface area contributed by atoms with E-state index < -0.39 is 16.8 Å². The van der Waals surface area contributed by atoms with Crippen LogP contribution in [0.25, 0.3) is 0 Å². The van der Waals surface area contributed by atoms with Gasteiger partial charge >= 0.3 is 5.97 Å². The molecule has 1 aliphatic rings. The molecule has 1 aliphatic heterocycles. The zero-order chi connectivity index (χ0) is 15.7. The van der Waals surface area contributed by atoms with Crippen molar-refractivity contribution < 1.29 is 19.6 Å². The Morgan fingerprint density at radius 1 is 1.48 bits per heavy atom. The number of carbonyl (C=O) groups is 2. The highest BCUT2D eigenvalue weighted by Crippen LogP contribution is 2.31. The predicted octanol–water partition coefficient (Wildman–Crippen LogP) is 2.29. The lowest BCUT2D eigenvalue weighted by atomic mass is 9.93. The third-order valence-electron chi connectivity index (χ3n) is 3.79. The molecule has 7 nitrogen and oxygen atoms in total. The lowest BCUT2D eigenvalue weighted by Gasteiger charge is -2.36. The summed E-state index contributed by atoms with van der Waals surface area (Å²) in [6.45, 7) is 3.62. The standard InChI is InChI=1S/C13H16N2O5S/c1-7-3-4-9(13(17)18)6-14(7)12(16)11-5-10(15(19)20)8(2)21-11/h5,7,9H,3-4,6H2,1-2H3,(H,17,18). The Hall–Kier alpha value is -1.96. The summed E-state index contributed by atoms with van der Waals surface area (Å²) in [5, 5.41) is 19.9. The maximum absolute atomic E-state index is 12.5. The number of carboxylic acid groups (broad SMARTS) is 1. The summed E-state index contributed by atoms with van der Waals surface area (Å²) in [5.74, 6) is -1.80. The number of rotatable bonds is 3. The van der Waals surface area contributed by atoms with Crippen LogP contribution in [0.5, 0.6) is 0 Å². The molecule has 0 aliphatic carbocycles. The number of hydrogen-bond acceptors (Lipinski definition) is 5. The molecule has 1 saturated heterocycles. The van der Waals surface area contributed by atoms with E-state index >= 15 is 0 Å². The van der Waals surface area contributed by atoms with E-state index in [4.69, 9.17) is 5.11 Å². The van der Waals surface area contributed by atoms with E-state index in [-0.39, 0.29) is 29.1 Å². The first-order valence-electron chi connectivity index (χ1n) is 6.60. The zero-order valence-corrected chi connectivity index (χ0v) is 12.6. The number of aliphatic carboxylic acids is 1. The fraction of sp³-hybridized carbons (Fsp3) is 0.538. The Balaban J connectivity index is 2.23.